The number of pyridine rings is 2. The Kier molecular flexibility index (Phi) is 18.0. The third-order valence-corrected chi connectivity index (χ3v) is 12.5. The highest BCUT2D eigenvalue weighted by Crippen LogP contribution is 2.52. The first-order valence-corrected chi connectivity index (χ1v) is 21.1. The molecule has 4 N–H and O–H groups in total. The molecule has 2 spiro atoms. The number of rotatable bonds is 2. The van der Waals surface area contributed by atoms with Crippen LogP contribution in [0.5, 0.6) is 0 Å². The van der Waals surface area contributed by atoms with Crippen LogP contribution in [0, 0.1) is 37.8 Å². The summed E-state index contributed by atoms with van der Waals surface area (Å²) in [5.74, 6) is 0.654. The van der Waals surface area contributed by atoms with Crippen molar-refractivity contribution in [3.63, 3.8) is 0 Å². The SMILES string of the molecule is C.C.Cc1cc(I)cc(F)n1.Cc1cc(I)cc(N2CCC3(CC2)Cc2ccccc2[C@H]3NC(=O)OC(C)(C)C)n1.I.N[C@@H]1c2ccccc2CC12CCNCC2. The fraction of sp³-hybridized carbons (Fsp3) is 0.489. The number of hydrogen-bond acceptors (Lipinski definition) is 7. The van der Waals surface area contributed by atoms with E-state index in [9.17, 15) is 9.18 Å². The average molecular weight is 1120 g/mol. The molecule has 0 bridgehead atoms. The molecule has 0 saturated carbocycles. The molecule has 1 amide bonds. The predicted molar refractivity (Wildman–Crippen MR) is 260 cm³/mol. The fourth-order valence-corrected chi connectivity index (χ4v) is 10.1. The zero-order valence-corrected chi connectivity index (χ0v) is 39.1. The molecule has 2 aliphatic carbocycles. The van der Waals surface area contributed by atoms with Crippen LogP contribution in [-0.2, 0) is 17.6 Å². The number of aromatic nitrogens is 2. The molecule has 2 aliphatic heterocycles. The van der Waals surface area contributed by atoms with Crippen molar-refractivity contribution in [2.75, 3.05) is 31.1 Å². The topological polar surface area (TPSA) is 105 Å². The summed E-state index contributed by atoms with van der Waals surface area (Å²) in [6.07, 6.45) is 6.32. The minimum Gasteiger partial charge on any atom is -0.444 e. The lowest BCUT2D eigenvalue weighted by molar-refractivity contribution is 0.0428. The van der Waals surface area contributed by atoms with Crippen molar-refractivity contribution in [2.24, 2.45) is 16.6 Å². The first-order valence-electron chi connectivity index (χ1n) is 19.0. The smallest absolute Gasteiger partial charge is 0.408 e. The molecule has 2 aromatic carbocycles. The molecule has 57 heavy (non-hydrogen) atoms. The molecule has 4 aromatic rings. The van der Waals surface area contributed by atoms with Crippen molar-refractivity contribution in [3.05, 3.63) is 120 Å². The molecule has 12 heteroatoms. The summed E-state index contributed by atoms with van der Waals surface area (Å²) < 4.78 is 20.0. The number of aryl methyl sites for hydroxylation is 2. The van der Waals surface area contributed by atoms with Gasteiger partial charge in [-0.3, -0.25) is 0 Å². The van der Waals surface area contributed by atoms with E-state index in [1.807, 2.05) is 33.8 Å². The number of fused-ring (bicyclic) bond motifs is 2. The van der Waals surface area contributed by atoms with E-state index in [4.69, 9.17) is 15.5 Å². The van der Waals surface area contributed by atoms with Crippen LogP contribution in [-0.4, -0.2) is 47.8 Å². The second kappa shape index (κ2) is 20.9. The average Bonchev–Trinajstić information content (AvgIpc) is 3.54. The molecule has 2 atom stereocenters. The van der Waals surface area contributed by atoms with Gasteiger partial charge in [-0.15, -0.1) is 24.0 Å². The van der Waals surface area contributed by atoms with Crippen molar-refractivity contribution in [2.45, 2.75) is 106 Å². The number of carbonyl (C=O) groups excluding carboxylic acids is 1. The van der Waals surface area contributed by atoms with Crippen molar-refractivity contribution in [1.82, 2.24) is 20.6 Å². The van der Waals surface area contributed by atoms with E-state index in [2.05, 4.69) is 126 Å². The number of nitrogens with two attached hydrogens (primary N) is 1. The highest BCUT2D eigenvalue weighted by molar-refractivity contribution is 14.1. The second-order valence-corrected chi connectivity index (χ2v) is 18.8. The van der Waals surface area contributed by atoms with Crippen LogP contribution in [0.25, 0.3) is 0 Å². The van der Waals surface area contributed by atoms with Crippen molar-refractivity contribution in [1.29, 1.82) is 0 Å². The quantitative estimate of drug-likeness (QED) is 0.136. The minimum atomic E-state index is -0.507. The number of anilines is 1. The number of piperidine rings is 2. The largest absolute Gasteiger partial charge is 0.444 e. The van der Waals surface area contributed by atoms with Gasteiger partial charge in [0.15, 0.2) is 0 Å². The highest BCUT2D eigenvalue weighted by atomic mass is 127. The summed E-state index contributed by atoms with van der Waals surface area (Å²) in [6, 6.07) is 24.9. The van der Waals surface area contributed by atoms with Crippen molar-refractivity contribution < 1.29 is 13.9 Å². The lowest BCUT2D eigenvalue weighted by Crippen LogP contribution is -2.48. The Balaban J connectivity index is 0.000000268. The predicted octanol–water partition coefficient (Wildman–Crippen LogP) is 11.0. The van der Waals surface area contributed by atoms with Crippen LogP contribution in [0.2, 0.25) is 0 Å². The van der Waals surface area contributed by atoms with Gasteiger partial charge in [-0.1, -0.05) is 63.4 Å². The van der Waals surface area contributed by atoms with E-state index in [-0.39, 0.29) is 62.4 Å². The maximum Gasteiger partial charge on any atom is 0.408 e. The van der Waals surface area contributed by atoms with Crippen LogP contribution in [0.15, 0.2) is 72.8 Å². The molecule has 8 rings (SSSR count). The lowest BCUT2D eigenvalue weighted by atomic mass is 9.72. The Morgan fingerprint density at radius 3 is 1.91 bits per heavy atom. The number of halogens is 4. The van der Waals surface area contributed by atoms with Crippen molar-refractivity contribution in [3.8, 4) is 0 Å². The maximum atomic E-state index is 12.7. The summed E-state index contributed by atoms with van der Waals surface area (Å²) in [5.41, 5.74) is 13.5. The zero-order chi connectivity index (χ0) is 38.7. The second-order valence-electron chi connectivity index (χ2n) is 16.3. The van der Waals surface area contributed by atoms with Crippen LogP contribution in [0.1, 0.15) is 107 Å². The molecule has 312 valence electrons. The number of amides is 1. The minimum absolute atomic E-state index is 0. The molecule has 4 heterocycles. The van der Waals surface area contributed by atoms with E-state index < -0.39 is 11.5 Å². The van der Waals surface area contributed by atoms with Gasteiger partial charge in [0, 0.05) is 49.1 Å². The third-order valence-electron chi connectivity index (χ3n) is 11.2. The molecule has 2 saturated heterocycles. The first-order chi connectivity index (χ1) is 25.7. The Hall–Kier alpha value is -2.15. The Morgan fingerprint density at radius 1 is 0.842 bits per heavy atom. The number of alkyl carbamates (subject to hydrolysis) is 1. The number of nitrogens with one attached hydrogen (secondary N) is 2. The summed E-state index contributed by atoms with van der Waals surface area (Å²) in [6.45, 7) is 13.7. The van der Waals surface area contributed by atoms with E-state index >= 15 is 0 Å². The van der Waals surface area contributed by atoms with Crippen LogP contribution in [0.4, 0.5) is 15.0 Å². The Morgan fingerprint density at radius 2 is 1.37 bits per heavy atom. The Bertz CT molecular complexity index is 1870. The molecule has 2 aromatic heterocycles. The van der Waals surface area contributed by atoms with Gasteiger partial charge in [-0.05, 0) is 177 Å². The number of carbonyl (C=O) groups is 1. The summed E-state index contributed by atoms with van der Waals surface area (Å²) in [4.78, 5) is 23.4. The van der Waals surface area contributed by atoms with Crippen LogP contribution in [0.3, 0.4) is 0 Å². The lowest BCUT2D eigenvalue weighted by Gasteiger charge is -2.44. The monoisotopic (exact) mass is 1120 g/mol. The van der Waals surface area contributed by atoms with Crippen LogP contribution < -0.4 is 21.3 Å². The number of nitrogens with zero attached hydrogens (tertiary/aromatic N) is 3. The molecule has 8 nitrogen and oxygen atoms in total. The molecule has 0 unspecified atom stereocenters. The molecule has 0 radical (unpaired) electrons. The van der Waals surface area contributed by atoms with Crippen LogP contribution >= 0.6 is 69.2 Å². The maximum absolute atomic E-state index is 12.7. The van der Waals surface area contributed by atoms with E-state index in [1.54, 1.807) is 6.92 Å². The van der Waals surface area contributed by atoms with E-state index in [1.165, 1.54) is 51.2 Å². The van der Waals surface area contributed by atoms with Crippen molar-refractivity contribution >= 4 is 81.1 Å². The molecular weight excluding hydrogens is 1060 g/mol. The van der Waals surface area contributed by atoms with E-state index in [0.717, 1.165) is 66.2 Å². The number of ether oxygens (including phenoxy) is 1. The van der Waals surface area contributed by atoms with Gasteiger partial charge in [-0.25, -0.2) is 14.8 Å². The van der Waals surface area contributed by atoms with Gasteiger partial charge in [0.05, 0.1) is 6.04 Å². The third kappa shape index (κ3) is 12.2. The molecule has 4 aliphatic rings. The summed E-state index contributed by atoms with van der Waals surface area (Å²) >= 11 is 4.41. The molecular formula is C45H62FI3N6O2. The number of benzene rings is 2. The van der Waals surface area contributed by atoms with Gasteiger partial charge in [-0.2, -0.15) is 4.39 Å². The van der Waals surface area contributed by atoms with Gasteiger partial charge in [0.1, 0.15) is 11.4 Å². The summed E-state index contributed by atoms with van der Waals surface area (Å²) in [5, 5.41) is 6.66. The normalized spacial score (nSPS) is 19.5. The molecule has 2 fully saturated rings. The van der Waals surface area contributed by atoms with E-state index in [0.29, 0.717) is 5.41 Å². The number of hydrogen-bond donors (Lipinski definition) is 3. The highest BCUT2D eigenvalue weighted by Gasteiger charge is 2.49. The van der Waals surface area contributed by atoms with Gasteiger partial charge < -0.3 is 26.0 Å². The standard InChI is InChI=1S/C24H30IN3O2.C13H18N2.C6H5FIN.2CH4.HI/c1-16-13-18(25)14-20(26-16)28-11-9-24(10-12-28)15-17-7-5-6-8-19(17)21(24)27-22(29)30-23(2,3)4;14-12-11-4-2-1-3-10(11)9-13(12)5-7-15-8-6-13;1-4-2-5(8)3-6(7)9-4;;;/h5-8,13-14,21H,9-12,15H2,1-4H3,(H,27,29);1-4,12,15H,5-9,14H2;2-3H,1H3;2*1H4;1H/t21-;12-;;;;/m11..../s1. The van der Waals surface area contributed by atoms with Gasteiger partial charge in [0.2, 0.25) is 5.95 Å². The van der Waals surface area contributed by atoms with Gasteiger partial charge in [0.25, 0.3) is 0 Å². The zero-order valence-electron chi connectivity index (χ0n) is 32.4. The fourth-order valence-electron chi connectivity index (χ4n) is 8.68. The first kappa shape index (κ1) is 49.2. The Labute approximate surface area is 385 Å². The summed E-state index contributed by atoms with van der Waals surface area (Å²) in [7, 11) is 0. The van der Waals surface area contributed by atoms with Gasteiger partial charge >= 0.3 is 6.09 Å².